The summed E-state index contributed by atoms with van der Waals surface area (Å²) >= 11 is 0. The summed E-state index contributed by atoms with van der Waals surface area (Å²) in [6, 6.07) is 3.94. The lowest BCUT2D eigenvalue weighted by Crippen LogP contribution is -2.28. The number of rotatable bonds is 5. The predicted molar refractivity (Wildman–Crippen MR) is 63.4 cm³/mol. The summed E-state index contributed by atoms with van der Waals surface area (Å²) in [5, 5.41) is 11.9. The summed E-state index contributed by atoms with van der Waals surface area (Å²) < 4.78 is 1.93. The van der Waals surface area contributed by atoms with Gasteiger partial charge in [-0.25, -0.2) is 0 Å². The Morgan fingerprint density at radius 3 is 2.75 bits per heavy atom. The molecule has 1 aromatic rings. The molecule has 4 heteroatoms. The van der Waals surface area contributed by atoms with Crippen LogP contribution in [0.25, 0.3) is 0 Å². The number of aliphatic hydroxyl groups excluding tert-OH is 1. The highest BCUT2D eigenvalue weighted by molar-refractivity contribution is 5.92. The number of nitrogens with zero attached hydrogens (tertiary/aromatic N) is 1. The molecule has 0 fully saturated rings. The molecule has 0 bridgehead atoms. The molecule has 0 aliphatic heterocycles. The summed E-state index contributed by atoms with van der Waals surface area (Å²) in [6.45, 7) is 6.28. The van der Waals surface area contributed by atoms with E-state index in [9.17, 15) is 4.79 Å². The highest BCUT2D eigenvalue weighted by atomic mass is 16.3. The minimum absolute atomic E-state index is 0.0839. The van der Waals surface area contributed by atoms with E-state index in [1.165, 1.54) is 0 Å². The van der Waals surface area contributed by atoms with Crippen molar-refractivity contribution in [2.45, 2.75) is 39.3 Å². The van der Waals surface area contributed by atoms with E-state index in [1.807, 2.05) is 30.7 Å². The third kappa shape index (κ3) is 3.38. The SMILES string of the molecule is CC(O)CCNC(=O)c1cccn1C(C)C. The molecule has 16 heavy (non-hydrogen) atoms. The molecule has 0 aliphatic rings. The Labute approximate surface area is 96.3 Å². The number of aliphatic hydroxyl groups is 1. The van der Waals surface area contributed by atoms with Crippen molar-refractivity contribution in [2.75, 3.05) is 6.54 Å². The van der Waals surface area contributed by atoms with E-state index < -0.39 is 0 Å². The van der Waals surface area contributed by atoms with Crippen LogP contribution in [-0.2, 0) is 0 Å². The van der Waals surface area contributed by atoms with Crippen molar-refractivity contribution in [1.29, 1.82) is 0 Å². The summed E-state index contributed by atoms with van der Waals surface area (Å²) in [5.41, 5.74) is 0.667. The van der Waals surface area contributed by atoms with Gasteiger partial charge in [-0.15, -0.1) is 0 Å². The third-order valence-electron chi connectivity index (χ3n) is 2.42. The summed E-state index contributed by atoms with van der Waals surface area (Å²) in [5.74, 6) is -0.0839. The average Bonchev–Trinajstić information content (AvgIpc) is 2.65. The van der Waals surface area contributed by atoms with Gasteiger partial charge in [0.2, 0.25) is 0 Å². The highest BCUT2D eigenvalue weighted by Gasteiger charge is 2.11. The van der Waals surface area contributed by atoms with Crippen LogP contribution >= 0.6 is 0 Å². The van der Waals surface area contributed by atoms with Gasteiger partial charge in [0.05, 0.1) is 6.10 Å². The van der Waals surface area contributed by atoms with Gasteiger partial charge >= 0.3 is 0 Å². The molecule has 0 spiro atoms. The molecule has 0 aliphatic carbocycles. The standard InChI is InChI=1S/C12H20N2O2/c1-9(2)14-8-4-5-11(14)12(16)13-7-6-10(3)15/h4-5,8-10,15H,6-7H2,1-3H3,(H,13,16). The van der Waals surface area contributed by atoms with Crippen LogP contribution < -0.4 is 5.32 Å². The van der Waals surface area contributed by atoms with E-state index in [-0.39, 0.29) is 18.1 Å². The minimum atomic E-state index is -0.378. The maximum absolute atomic E-state index is 11.8. The van der Waals surface area contributed by atoms with E-state index in [1.54, 1.807) is 13.0 Å². The van der Waals surface area contributed by atoms with Gasteiger partial charge in [0, 0.05) is 18.8 Å². The van der Waals surface area contributed by atoms with Crippen molar-refractivity contribution >= 4 is 5.91 Å². The first-order chi connectivity index (χ1) is 7.52. The van der Waals surface area contributed by atoms with Crippen molar-refractivity contribution in [3.8, 4) is 0 Å². The molecule has 1 rings (SSSR count). The molecule has 4 nitrogen and oxygen atoms in total. The lowest BCUT2D eigenvalue weighted by Gasteiger charge is -2.13. The van der Waals surface area contributed by atoms with Crippen LogP contribution in [-0.4, -0.2) is 28.2 Å². The van der Waals surface area contributed by atoms with Crippen molar-refractivity contribution in [1.82, 2.24) is 9.88 Å². The first kappa shape index (κ1) is 12.8. The van der Waals surface area contributed by atoms with E-state index in [4.69, 9.17) is 5.11 Å². The minimum Gasteiger partial charge on any atom is -0.393 e. The van der Waals surface area contributed by atoms with Crippen molar-refractivity contribution in [2.24, 2.45) is 0 Å². The van der Waals surface area contributed by atoms with E-state index in [0.29, 0.717) is 18.7 Å². The molecule has 0 saturated heterocycles. The van der Waals surface area contributed by atoms with E-state index in [0.717, 1.165) is 0 Å². The van der Waals surface area contributed by atoms with Crippen molar-refractivity contribution in [3.63, 3.8) is 0 Å². The Kier molecular flexibility index (Phi) is 4.55. The van der Waals surface area contributed by atoms with Crippen LogP contribution in [0.5, 0.6) is 0 Å². The van der Waals surface area contributed by atoms with Gasteiger partial charge in [0.1, 0.15) is 5.69 Å². The van der Waals surface area contributed by atoms with Gasteiger partial charge in [0.15, 0.2) is 0 Å². The smallest absolute Gasteiger partial charge is 0.267 e. The zero-order chi connectivity index (χ0) is 12.1. The fourth-order valence-electron chi connectivity index (χ4n) is 1.52. The molecule has 0 aromatic carbocycles. The quantitative estimate of drug-likeness (QED) is 0.797. The van der Waals surface area contributed by atoms with Crippen LogP contribution in [0.1, 0.15) is 43.7 Å². The number of carbonyl (C=O) groups is 1. The number of hydrogen-bond donors (Lipinski definition) is 2. The lowest BCUT2D eigenvalue weighted by atomic mass is 10.3. The van der Waals surface area contributed by atoms with Crippen LogP contribution in [0.15, 0.2) is 18.3 Å². The van der Waals surface area contributed by atoms with Gasteiger partial charge in [-0.1, -0.05) is 0 Å². The Hall–Kier alpha value is -1.29. The van der Waals surface area contributed by atoms with Crippen LogP contribution in [0.3, 0.4) is 0 Å². The largest absolute Gasteiger partial charge is 0.393 e. The number of hydrogen-bond acceptors (Lipinski definition) is 2. The molecule has 0 saturated carbocycles. The second-order valence-corrected chi connectivity index (χ2v) is 4.29. The molecular weight excluding hydrogens is 204 g/mol. The fraction of sp³-hybridized carbons (Fsp3) is 0.583. The Morgan fingerprint density at radius 2 is 2.19 bits per heavy atom. The summed E-state index contributed by atoms with van der Waals surface area (Å²) in [6.07, 6.45) is 2.10. The first-order valence-electron chi connectivity index (χ1n) is 5.65. The monoisotopic (exact) mass is 224 g/mol. The molecule has 1 amide bonds. The zero-order valence-electron chi connectivity index (χ0n) is 10.1. The zero-order valence-corrected chi connectivity index (χ0v) is 10.1. The van der Waals surface area contributed by atoms with Gasteiger partial charge in [-0.05, 0) is 39.3 Å². The molecule has 0 radical (unpaired) electrons. The maximum atomic E-state index is 11.8. The van der Waals surface area contributed by atoms with Crippen LogP contribution in [0.4, 0.5) is 0 Å². The van der Waals surface area contributed by atoms with Crippen LogP contribution in [0.2, 0.25) is 0 Å². The van der Waals surface area contributed by atoms with Gasteiger partial charge in [0.25, 0.3) is 5.91 Å². The normalized spacial score (nSPS) is 12.8. The number of nitrogens with one attached hydrogen (secondary N) is 1. The molecule has 1 unspecified atom stereocenters. The van der Waals surface area contributed by atoms with E-state index in [2.05, 4.69) is 5.32 Å². The number of aromatic nitrogens is 1. The first-order valence-corrected chi connectivity index (χ1v) is 5.65. The molecule has 90 valence electrons. The molecule has 1 atom stereocenters. The van der Waals surface area contributed by atoms with Crippen LogP contribution in [0, 0.1) is 0 Å². The summed E-state index contributed by atoms with van der Waals surface area (Å²) in [4.78, 5) is 11.8. The maximum Gasteiger partial charge on any atom is 0.267 e. The topological polar surface area (TPSA) is 54.3 Å². The average molecular weight is 224 g/mol. The Balaban J connectivity index is 2.56. The summed E-state index contributed by atoms with van der Waals surface area (Å²) in [7, 11) is 0. The molecule has 2 N–H and O–H groups in total. The third-order valence-corrected chi connectivity index (χ3v) is 2.42. The number of amides is 1. The van der Waals surface area contributed by atoms with Crippen molar-refractivity contribution < 1.29 is 9.90 Å². The van der Waals surface area contributed by atoms with Gasteiger partial charge in [-0.3, -0.25) is 4.79 Å². The highest BCUT2D eigenvalue weighted by Crippen LogP contribution is 2.10. The molecule has 1 heterocycles. The molecular formula is C12H20N2O2. The Bertz CT molecular complexity index is 343. The fourth-order valence-corrected chi connectivity index (χ4v) is 1.52. The van der Waals surface area contributed by atoms with Gasteiger partial charge < -0.3 is 15.0 Å². The lowest BCUT2D eigenvalue weighted by molar-refractivity contribution is 0.0935. The van der Waals surface area contributed by atoms with Crippen molar-refractivity contribution in [3.05, 3.63) is 24.0 Å². The second kappa shape index (κ2) is 5.70. The predicted octanol–water partition coefficient (Wildman–Crippen LogP) is 1.57. The molecule has 1 aromatic heterocycles. The van der Waals surface area contributed by atoms with E-state index >= 15 is 0 Å². The van der Waals surface area contributed by atoms with Gasteiger partial charge in [-0.2, -0.15) is 0 Å². The number of carbonyl (C=O) groups excluding carboxylic acids is 1. The second-order valence-electron chi connectivity index (χ2n) is 4.29. The Morgan fingerprint density at radius 1 is 1.50 bits per heavy atom.